The van der Waals surface area contributed by atoms with Gasteiger partial charge in [-0.3, -0.25) is 4.57 Å². The third-order valence-corrected chi connectivity index (χ3v) is 4.29. The van der Waals surface area contributed by atoms with Gasteiger partial charge in [-0.1, -0.05) is 30.3 Å². The van der Waals surface area contributed by atoms with Crippen LogP contribution in [0.5, 0.6) is 0 Å². The molecule has 0 spiro atoms. The molecule has 0 fully saturated rings. The van der Waals surface area contributed by atoms with Crippen molar-refractivity contribution < 1.29 is 0 Å². The van der Waals surface area contributed by atoms with Crippen LogP contribution in [0, 0.1) is 6.92 Å². The Morgan fingerprint density at radius 2 is 1.95 bits per heavy atom. The molecule has 0 aliphatic heterocycles. The van der Waals surface area contributed by atoms with Gasteiger partial charge >= 0.3 is 0 Å². The minimum Gasteiger partial charge on any atom is -0.292 e. The average Bonchev–Trinajstić information content (AvgIpc) is 2.99. The van der Waals surface area contributed by atoms with Crippen molar-refractivity contribution in [3.63, 3.8) is 0 Å². The predicted molar refractivity (Wildman–Crippen MR) is 78.6 cm³/mol. The number of thiophene rings is 1. The van der Waals surface area contributed by atoms with Crippen LogP contribution in [0.25, 0.3) is 11.4 Å². The molecule has 3 rings (SSSR count). The number of benzene rings is 1. The van der Waals surface area contributed by atoms with Gasteiger partial charge in [0.25, 0.3) is 0 Å². The minimum absolute atomic E-state index is 0.423. The average molecular weight is 290 g/mol. The maximum Gasteiger partial charge on any atom is 0.225 e. The first kappa shape index (κ1) is 12.4. The van der Waals surface area contributed by atoms with Gasteiger partial charge in [-0.05, 0) is 35.5 Å². The van der Waals surface area contributed by atoms with E-state index in [9.17, 15) is 0 Å². The summed E-state index contributed by atoms with van der Waals surface area (Å²) in [5.41, 5.74) is 2.30. The van der Waals surface area contributed by atoms with Crippen molar-refractivity contribution in [1.29, 1.82) is 0 Å². The summed E-state index contributed by atoms with van der Waals surface area (Å²) in [6.07, 6.45) is 0. The molecular weight excluding hydrogens is 278 g/mol. The summed E-state index contributed by atoms with van der Waals surface area (Å²) in [5.74, 6) is 0.804. The molecule has 3 aromatic rings. The summed E-state index contributed by atoms with van der Waals surface area (Å²) in [5, 5.41) is 10.7. The van der Waals surface area contributed by atoms with Gasteiger partial charge in [-0.2, -0.15) is 0 Å². The van der Waals surface area contributed by atoms with E-state index in [1.54, 1.807) is 11.3 Å². The van der Waals surface area contributed by atoms with E-state index in [-0.39, 0.29) is 0 Å². The van der Waals surface area contributed by atoms with Crippen molar-refractivity contribution in [2.45, 2.75) is 13.5 Å². The standard InChI is InChI=1S/C14H12ClN3S/c1-10-7-8-19-12(10)9-18-13(16-17-14(18)15)11-5-3-2-4-6-11/h2-8H,9H2,1H3. The molecule has 0 aliphatic rings. The Balaban J connectivity index is 2.02. The van der Waals surface area contributed by atoms with Gasteiger partial charge in [0.2, 0.25) is 5.28 Å². The molecule has 96 valence electrons. The van der Waals surface area contributed by atoms with Crippen molar-refractivity contribution in [1.82, 2.24) is 14.8 Å². The first-order chi connectivity index (χ1) is 9.25. The van der Waals surface area contributed by atoms with Gasteiger partial charge in [-0.25, -0.2) is 0 Å². The topological polar surface area (TPSA) is 30.7 Å². The lowest BCUT2D eigenvalue weighted by Crippen LogP contribution is -2.02. The van der Waals surface area contributed by atoms with Gasteiger partial charge in [-0.15, -0.1) is 21.5 Å². The van der Waals surface area contributed by atoms with E-state index in [1.807, 2.05) is 34.9 Å². The Hall–Kier alpha value is -1.65. The molecule has 0 aliphatic carbocycles. The molecule has 2 aromatic heterocycles. The van der Waals surface area contributed by atoms with Crippen LogP contribution in [0.3, 0.4) is 0 Å². The number of nitrogens with zero attached hydrogens (tertiary/aromatic N) is 3. The largest absolute Gasteiger partial charge is 0.292 e. The number of rotatable bonds is 3. The zero-order valence-electron chi connectivity index (χ0n) is 10.4. The molecule has 0 unspecified atom stereocenters. The molecule has 19 heavy (non-hydrogen) atoms. The molecule has 0 atom stereocenters. The Morgan fingerprint density at radius 1 is 1.16 bits per heavy atom. The zero-order chi connectivity index (χ0) is 13.2. The first-order valence-electron chi connectivity index (χ1n) is 5.93. The van der Waals surface area contributed by atoms with E-state index in [2.05, 4.69) is 28.6 Å². The molecule has 5 heteroatoms. The van der Waals surface area contributed by atoms with Crippen LogP contribution < -0.4 is 0 Å². The molecule has 0 bridgehead atoms. The lowest BCUT2D eigenvalue weighted by atomic mass is 10.2. The van der Waals surface area contributed by atoms with Gasteiger partial charge in [0.1, 0.15) is 0 Å². The zero-order valence-corrected chi connectivity index (χ0v) is 11.9. The van der Waals surface area contributed by atoms with Crippen molar-refractivity contribution >= 4 is 22.9 Å². The third-order valence-electron chi connectivity index (χ3n) is 3.01. The normalized spacial score (nSPS) is 10.8. The summed E-state index contributed by atoms with van der Waals surface area (Å²) in [6.45, 7) is 2.81. The fraction of sp³-hybridized carbons (Fsp3) is 0.143. The van der Waals surface area contributed by atoms with E-state index in [4.69, 9.17) is 11.6 Å². The van der Waals surface area contributed by atoms with Gasteiger partial charge in [0.05, 0.1) is 6.54 Å². The summed E-state index contributed by atoms with van der Waals surface area (Å²) in [7, 11) is 0. The maximum atomic E-state index is 6.16. The maximum absolute atomic E-state index is 6.16. The highest BCUT2D eigenvalue weighted by atomic mass is 35.5. The van der Waals surface area contributed by atoms with E-state index in [1.165, 1.54) is 10.4 Å². The van der Waals surface area contributed by atoms with Crippen LogP contribution in [-0.2, 0) is 6.54 Å². The minimum atomic E-state index is 0.423. The fourth-order valence-corrected chi connectivity index (χ4v) is 3.01. The SMILES string of the molecule is Cc1ccsc1Cn1c(Cl)nnc1-c1ccccc1. The van der Waals surface area contributed by atoms with E-state index in [0.717, 1.165) is 11.4 Å². The number of halogens is 1. The molecule has 2 heterocycles. The lowest BCUT2D eigenvalue weighted by molar-refractivity contribution is 0.812. The second-order valence-electron chi connectivity index (χ2n) is 4.27. The molecule has 3 nitrogen and oxygen atoms in total. The van der Waals surface area contributed by atoms with Crippen LogP contribution in [0.15, 0.2) is 41.8 Å². The van der Waals surface area contributed by atoms with Crippen molar-refractivity contribution in [3.05, 3.63) is 57.5 Å². The van der Waals surface area contributed by atoms with E-state index >= 15 is 0 Å². The van der Waals surface area contributed by atoms with E-state index in [0.29, 0.717) is 11.8 Å². The Labute approximate surface area is 120 Å². The highest BCUT2D eigenvalue weighted by Gasteiger charge is 2.13. The van der Waals surface area contributed by atoms with Gasteiger partial charge in [0, 0.05) is 10.4 Å². The van der Waals surface area contributed by atoms with Crippen LogP contribution in [0.2, 0.25) is 5.28 Å². The molecule has 0 saturated carbocycles. The van der Waals surface area contributed by atoms with Crippen molar-refractivity contribution in [2.75, 3.05) is 0 Å². The van der Waals surface area contributed by atoms with E-state index < -0.39 is 0 Å². The highest BCUT2D eigenvalue weighted by molar-refractivity contribution is 7.10. The third kappa shape index (κ3) is 2.41. The van der Waals surface area contributed by atoms with Gasteiger partial charge < -0.3 is 0 Å². The Bertz CT molecular complexity index is 688. The summed E-state index contributed by atoms with van der Waals surface area (Å²) < 4.78 is 1.94. The molecule has 0 radical (unpaired) electrons. The predicted octanol–water partition coefficient (Wildman–Crippen LogP) is 4.02. The number of aryl methyl sites for hydroxylation is 1. The number of hydrogen-bond acceptors (Lipinski definition) is 3. The monoisotopic (exact) mass is 289 g/mol. The second-order valence-corrected chi connectivity index (χ2v) is 5.61. The Kier molecular flexibility index (Phi) is 3.36. The van der Waals surface area contributed by atoms with Crippen LogP contribution in [-0.4, -0.2) is 14.8 Å². The van der Waals surface area contributed by atoms with Crippen LogP contribution in [0.1, 0.15) is 10.4 Å². The second kappa shape index (κ2) is 5.15. The fourth-order valence-electron chi connectivity index (χ4n) is 1.93. The summed E-state index contributed by atoms with van der Waals surface area (Å²) in [6, 6.07) is 12.1. The smallest absolute Gasteiger partial charge is 0.225 e. The van der Waals surface area contributed by atoms with Crippen molar-refractivity contribution in [2.24, 2.45) is 0 Å². The molecule has 1 aromatic carbocycles. The molecule has 0 N–H and O–H groups in total. The molecule has 0 saturated heterocycles. The summed E-state index contributed by atoms with van der Waals surface area (Å²) >= 11 is 7.88. The Morgan fingerprint density at radius 3 is 2.63 bits per heavy atom. The lowest BCUT2D eigenvalue weighted by Gasteiger charge is -2.07. The quantitative estimate of drug-likeness (QED) is 0.729. The van der Waals surface area contributed by atoms with Crippen LogP contribution in [0.4, 0.5) is 0 Å². The van der Waals surface area contributed by atoms with Crippen LogP contribution >= 0.6 is 22.9 Å². The number of aromatic nitrogens is 3. The number of hydrogen-bond donors (Lipinski definition) is 0. The molecule has 0 amide bonds. The highest BCUT2D eigenvalue weighted by Crippen LogP contribution is 2.24. The molecular formula is C14H12ClN3S. The van der Waals surface area contributed by atoms with Gasteiger partial charge in [0.15, 0.2) is 5.82 Å². The first-order valence-corrected chi connectivity index (χ1v) is 7.18. The summed E-state index contributed by atoms with van der Waals surface area (Å²) in [4.78, 5) is 1.28. The van der Waals surface area contributed by atoms with Crippen molar-refractivity contribution in [3.8, 4) is 11.4 Å².